The monoisotopic (exact) mass is 247 g/mol. The Bertz CT molecular complexity index is 391. The Morgan fingerprint density at radius 1 is 1.39 bits per heavy atom. The molecular weight excluding hydrogens is 226 g/mol. The highest BCUT2D eigenvalue weighted by atomic mass is 16.5. The van der Waals surface area contributed by atoms with Crippen LogP contribution in [0.5, 0.6) is 0 Å². The molecule has 18 heavy (non-hydrogen) atoms. The molecule has 1 fully saturated rings. The molecule has 1 aromatic rings. The third kappa shape index (κ3) is 2.72. The van der Waals surface area contributed by atoms with Crippen LogP contribution in [0.1, 0.15) is 44.7 Å². The largest absolute Gasteiger partial charge is 0.358 e. The van der Waals surface area contributed by atoms with E-state index in [2.05, 4.69) is 26.0 Å². The fourth-order valence-corrected chi connectivity index (χ4v) is 2.26. The zero-order chi connectivity index (χ0) is 13.0. The Labute approximate surface area is 109 Å². The Morgan fingerprint density at radius 2 is 2.11 bits per heavy atom. The van der Waals surface area contributed by atoms with E-state index in [1.807, 2.05) is 23.1 Å². The van der Waals surface area contributed by atoms with Gasteiger partial charge in [-0.1, -0.05) is 43.7 Å². The molecule has 3 nitrogen and oxygen atoms in total. The SMILES string of the molecule is CCCCO[C@@H]1CC(=O)N1[C@@H](C)c1ccccc1. The molecule has 0 radical (unpaired) electrons. The van der Waals surface area contributed by atoms with E-state index < -0.39 is 0 Å². The van der Waals surface area contributed by atoms with Crippen molar-refractivity contribution in [3.05, 3.63) is 35.9 Å². The van der Waals surface area contributed by atoms with E-state index in [4.69, 9.17) is 4.74 Å². The van der Waals surface area contributed by atoms with E-state index in [0.29, 0.717) is 6.42 Å². The summed E-state index contributed by atoms with van der Waals surface area (Å²) < 4.78 is 5.75. The molecule has 0 N–H and O–H groups in total. The van der Waals surface area contributed by atoms with Gasteiger partial charge in [0.25, 0.3) is 0 Å². The number of benzene rings is 1. The molecule has 0 saturated carbocycles. The zero-order valence-corrected chi connectivity index (χ0v) is 11.1. The molecule has 0 aromatic heterocycles. The lowest BCUT2D eigenvalue weighted by Gasteiger charge is -2.44. The summed E-state index contributed by atoms with van der Waals surface area (Å²) in [7, 11) is 0. The van der Waals surface area contributed by atoms with Crippen molar-refractivity contribution in [1.82, 2.24) is 4.90 Å². The molecular formula is C15H21NO2. The second-order valence-corrected chi connectivity index (χ2v) is 4.77. The minimum Gasteiger partial charge on any atom is -0.358 e. The van der Waals surface area contributed by atoms with E-state index in [0.717, 1.165) is 25.0 Å². The van der Waals surface area contributed by atoms with Gasteiger partial charge in [-0.15, -0.1) is 0 Å². The van der Waals surface area contributed by atoms with Crippen molar-refractivity contribution in [3.8, 4) is 0 Å². The summed E-state index contributed by atoms with van der Waals surface area (Å²) in [5, 5.41) is 0. The lowest BCUT2D eigenvalue weighted by molar-refractivity contribution is -0.181. The maximum atomic E-state index is 11.7. The van der Waals surface area contributed by atoms with Crippen molar-refractivity contribution in [1.29, 1.82) is 0 Å². The molecule has 0 bridgehead atoms. The first-order valence-corrected chi connectivity index (χ1v) is 6.71. The molecule has 2 atom stereocenters. The topological polar surface area (TPSA) is 29.5 Å². The third-order valence-corrected chi connectivity index (χ3v) is 3.45. The zero-order valence-electron chi connectivity index (χ0n) is 11.1. The first kappa shape index (κ1) is 13.1. The van der Waals surface area contributed by atoms with Crippen LogP contribution in [-0.4, -0.2) is 23.6 Å². The van der Waals surface area contributed by atoms with E-state index in [9.17, 15) is 4.79 Å². The summed E-state index contributed by atoms with van der Waals surface area (Å²) in [6, 6.07) is 10.2. The molecule has 3 heteroatoms. The van der Waals surface area contributed by atoms with Crippen molar-refractivity contribution in [2.75, 3.05) is 6.61 Å². The molecule has 1 heterocycles. The van der Waals surface area contributed by atoms with Gasteiger partial charge >= 0.3 is 0 Å². The third-order valence-electron chi connectivity index (χ3n) is 3.45. The average molecular weight is 247 g/mol. The summed E-state index contributed by atoms with van der Waals surface area (Å²) in [6.07, 6.45) is 2.67. The Balaban J connectivity index is 1.96. The normalized spacial score (nSPS) is 20.7. The van der Waals surface area contributed by atoms with Crippen LogP contribution >= 0.6 is 0 Å². The lowest BCUT2D eigenvalue weighted by Crippen LogP contribution is -2.54. The quantitative estimate of drug-likeness (QED) is 0.571. The number of unbranched alkanes of at least 4 members (excludes halogenated alkanes) is 1. The second kappa shape index (κ2) is 6.01. The van der Waals surface area contributed by atoms with Crippen molar-refractivity contribution < 1.29 is 9.53 Å². The number of nitrogens with zero attached hydrogens (tertiary/aromatic N) is 1. The Kier molecular flexibility index (Phi) is 4.37. The van der Waals surface area contributed by atoms with Gasteiger partial charge in [0.05, 0.1) is 12.5 Å². The van der Waals surface area contributed by atoms with Crippen LogP contribution in [0.25, 0.3) is 0 Å². The summed E-state index contributed by atoms with van der Waals surface area (Å²) in [5.41, 5.74) is 1.16. The molecule has 1 saturated heterocycles. The molecule has 1 aromatic carbocycles. The number of hydrogen-bond donors (Lipinski definition) is 0. The van der Waals surface area contributed by atoms with Gasteiger partial charge in [0, 0.05) is 6.61 Å². The minimum atomic E-state index is -0.0285. The van der Waals surface area contributed by atoms with Crippen molar-refractivity contribution in [2.24, 2.45) is 0 Å². The number of likely N-dealkylation sites (tertiary alicyclic amines) is 1. The Hall–Kier alpha value is -1.35. The van der Waals surface area contributed by atoms with E-state index in [-0.39, 0.29) is 18.2 Å². The van der Waals surface area contributed by atoms with Crippen molar-refractivity contribution in [2.45, 2.75) is 45.4 Å². The lowest BCUT2D eigenvalue weighted by atomic mass is 10.0. The maximum Gasteiger partial charge on any atom is 0.229 e. The maximum absolute atomic E-state index is 11.7. The molecule has 1 aliphatic rings. The number of ether oxygens (including phenoxy) is 1. The first-order valence-electron chi connectivity index (χ1n) is 6.71. The van der Waals surface area contributed by atoms with Gasteiger partial charge in [-0.3, -0.25) is 4.79 Å². The Morgan fingerprint density at radius 3 is 2.72 bits per heavy atom. The summed E-state index contributed by atoms with van der Waals surface area (Å²) in [5.74, 6) is 0.188. The highest BCUT2D eigenvalue weighted by Crippen LogP contribution is 2.31. The van der Waals surface area contributed by atoms with Crippen molar-refractivity contribution in [3.63, 3.8) is 0 Å². The highest BCUT2D eigenvalue weighted by Gasteiger charge is 2.40. The van der Waals surface area contributed by atoms with Gasteiger partial charge in [0.15, 0.2) is 0 Å². The van der Waals surface area contributed by atoms with Gasteiger partial charge in [0.2, 0.25) is 5.91 Å². The number of carbonyl (C=O) groups excluding carboxylic acids is 1. The van der Waals surface area contributed by atoms with Crippen LogP contribution < -0.4 is 0 Å². The van der Waals surface area contributed by atoms with Gasteiger partial charge in [-0.2, -0.15) is 0 Å². The first-order chi connectivity index (χ1) is 8.74. The summed E-state index contributed by atoms with van der Waals surface area (Å²) in [6.45, 7) is 4.94. The van der Waals surface area contributed by atoms with Crippen LogP contribution in [0.2, 0.25) is 0 Å². The second-order valence-electron chi connectivity index (χ2n) is 4.77. The van der Waals surface area contributed by atoms with Gasteiger partial charge in [0.1, 0.15) is 6.23 Å². The van der Waals surface area contributed by atoms with Gasteiger partial charge < -0.3 is 9.64 Å². The van der Waals surface area contributed by atoms with Crippen LogP contribution in [0.4, 0.5) is 0 Å². The van der Waals surface area contributed by atoms with Crippen molar-refractivity contribution >= 4 is 5.91 Å². The number of amides is 1. The van der Waals surface area contributed by atoms with Crippen LogP contribution in [0.15, 0.2) is 30.3 Å². The number of carbonyl (C=O) groups is 1. The molecule has 1 aliphatic heterocycles. The summed E-state index contributed by atoms with van der Waals surface area (Å²) in [4.78, 5) is 13.6. The minimum absolute atomic E-state index is 0.0285. The smallest absolute Gasteiger partial charge is 0.229 e. The molecule has 0 aliphatic carbocycles. The molecule has 1 amide bonds. The van der Waals surface area contributed by atoms with Crippen LogP contribution in [0.3, 0.4) is 0 Å². The average Bonchev–Trinajstić information content (AvgIpc) is 2.38. The molecule has 2 rings (SSSR count). The van der Waals surface area contributed by atoms with Crippen LogP contribution in [-0.2, 0) is 9.53 Å². The van der Waals surface area contributed by atoms with E-state index in [1.54, 1.807) is 0 Å². The predicted molar refractivity (Wildman–Crippen MR) is 71.0 cm³/mol. The molecule has 98 valence electrons. The van der Waals surface area contributed by atoms with Crippen LogP contribution in [0, 0.1) is 0 Å². The number of rotatable bonds is 6. The highest BCUT2D eigenvalue weighted by molar-refractivity contribution is 5.83. The number of β-lactam (4-membered cyclic amide) rings is 1. The van der Waals surface area contributed by atoms with Gasteiger partial charge in [-0.25, -0.2) is 0 Å². The van der Waals surface area contributed by atoms with E-state index in [1.165, 1.54) is 0 Å². The van der Waals surface area contributed by atoms with E-state index >= 15 is 0 Å². The fourth-order valence-electron chi connectivity index (χ4n) is 2.26. The summed E-state index contributed by atoms with van der Waals surface area (Å²) >= 11 is 0. The predicted octanol–water partition coefficient (Wildman–Crippen LogP) is 3.12. The molecule has 0 spiro atoms. The molecule has 0 unspecified atom stereocenters. The van der Waals surface area contributed by atoms with Gasteiger partial charge in [-0.05, 0) is 18.9 Å². The number of hydrogen-bond acceptors (Lipinski definition) is 2. The fraction of sp³-hybridized carbons (Fsp3) is 0.533. The standard InChI is InChI=1S/C15H21NO2/c1-3-4-10-18-15-11-14(17)16(15)12(2)13-8-6-5-7-9-13/h5-9,12,15H,3-4,10-11H2,1-2H3/t12-,15+/m0/s1.